The van der Waals surface area contributed by atoms with Gasteiger partial charge in [0.2, 0.25) is 0 Å². The van der Waals surface area contributed by atoms with Crippen LogP contribution in [0.5, 0.6) is 0 Å². The number of benzene rings is 1. The molecule has 0 aliphatic heterocycles. The molecule has 0 aromatic heterocycles. The number of nitrogens with two attached hydrogens (primary N) is 1. The molecule has 0 saturated heterocycles. The van der Waals surface area contributed by atoms with Gasteiger partial charge in [-0.25, -0.2) is 9.59 Å². The Morgan fingerprint density at radius 2 is 2.16 bits per heavy atom. The van der Waals surface area contributed by atoms with Crippen molar-refractivity contribution in [2.24, 2.45) is 0 Å². The Hall–Kier alpha value is -2.50. The highest BCUT2D eigenvalue weighted by atomic mass is 16.5. The summed E-state index contributed by atoms with van der Waals surface area (Å²) in [6.45, 7) is 3.56. The molecule has 0 unspecified atom stereocenters. The molecule has 0 radical (unpaired) electrons. The van der Waals surface area contributed by atoms with E-state index in [1.54, 1.807) is 38.1 Å². The fraction of sp³-hybridized carbons (Fsp3) is 0.231. The number of rotatable bonds is 4. The number of hydrogen-bond donors (Lipinski definition) is 3. The third-order valence-corrected chi connectivity index (χ3v) is 2.16. The lowest BCUT2D eigenvalue weighted by Crippen LogP contribution is -2.25. The third-order valence-electron chi connectivity index (χ3n) is 2.16. The van der Waals surface area contributed by atoms with Crippen molar-refractivity contribution in [2.75, 3.05) is 17.7 Å². The summed E-state index contributed by atoms with van der Waals surface area (Å²) < 4.78 is 4.77. The molecule has 6 nitrogen and oxygen atoms in total. The second-order valence-electron chi connectivity index (χ2n) is 3.77. The number of nitrogens with one attached hydrogen (secondary N) is 2. The highest BCUT2D eigenvalue weighted by Crippen LogP contribution is 2.11. The second kappa shape index (κ2) is 7.05. The van der Waals surface area contributed by atoms with Gasteiger partial charge in [0.15, 0.2) is 0 Å². The van der Waals surface area contributed by atoms with E-state index in [4.69, 9.17) is 10.5 Å². The lowest BCUT2D eigenvalue weighted by Gasteiger charge is -2.06. The molecule has 0 atom stereocenters. The number of carbonyl (C=O) groups excluding carboxylic acids is 2. The minimum atomic E-state index is -0.466. The number of urea groups is 1. The molecule has 0 bridgehead atoms. The van der Waals surface area contributed by atoms with Crippen molar-refractivity contribution in [1.82, 2.24) is 5.32 Å². The molecule has 0 heterocycles. The van der Waals surface area contributed by atoms with Crippen LogP contribution in [0.1, 0.15) is 13.8 Å². The fourth-order valence-corrected chi connectivity index (χ4v) is 1.26. The maximum absolute atomic E-state index is 11.5. The summed E-state index contributed by atoms with van der Waals surface area (Å²) in [5, 5.41) is 5.02. The average molecular weight is 263 g/mol. The Morgan fingerprint density at radius 3 is 2.79 bits per heavy atom. The quantitative estimate of drug-likeness (QED) is 0.439. The van der Waals surface area contributed by atoms with Gasteiger partial charge < -0.3 is 21.1 Å². The topological polar surface area (TPSA) is 93.4 Å². The first-order valence-electron chi connectivity index (χ1n) is 5.80. The van der Waals surface area contributed by atoms with Gasteiger partial charge in [0.1, 0.15) is 0 Å². The van der Waals surface area contributed by atoms with Crippen molar-refractivity contribution >= 4 is 23.4 Å². The van der Waals surface area contributed by atoms with Gasteiger partial charge >= 0.3 is 12.0 Å². The molecule has 0 spiro atoms. The number of amides is 2. The Kier molecular flexibility index (Phi) is 5.40. The highest BCUT2D eigenvalue weighted by molar-refractivity contribution is 5.92. The molecule has 102 valence electrons. The van der Waals surface area contributed by atoms with Crippen LogP contribution in [0.3, 0.4) is 0 Å². The predicted molar refractivity (Wildman–Crippen MR) is 73.4 cm³/mol. The van der Waals surface area contributed by atoms with Crippen molar-refractivity contribution in [3.63, 3.8) is 0 Å². The van der Waals surface area contributed by atoms with Gasteiger partial charge in [-0.3, -0.25) is 0 Å². The second-order valence-corrected chi connectivity index (χ2v) is 3.77. The molecule has 6 heteroatoms. The van der Waals surface area contributed by atoms with Crippen LogP contribution in [0, 0.1) is 0 Å². The minimum absolute atomic E-state index is 0.291. The first-order valence-corrected chi connectivity index (χ1v) is 5.80. The van der Waals surface area contributed by atoms with Crippen LogP contribution < -0.4 is 16.4 Å². The largest absolute Gasteiger partial charge is 0.463 e. The van der Waals surface area contributed by atoms with Crippen LogP contribution >= 0.6 is 0 Å². The van der Waals surface area contributed by atoms with Gasteiger partial charge in [-0.15, -0.1) is 0 Å². The maximum atomic E-state index is 11.5. The minimum Gasteiger partial charge on any atom is -0.463 e. The lowest BCUT2D eigenvalue weighted by atomic mass is 10.3. The van der Waals surface area contributed by atoms with Crippen molar-refractivity contribution in [1.29, 1.82) is 0 Å². The SMILES string of the molecule is CCOC(=O)C(C)=CNC(=O)Nc1cccc(N)c1. The molecule has 2 amide bonds. The van der Waals surface area contributed by atoms with Crippen LogP contribution in [0.25, 0.3) is 0 Å². The van der Waals surface area contributed by atoms with Gasteiger partial charge in [-0.1, -0.05) is 6.07 Å². The van der Waals surface area contributed by atoms with Crippen molar-refractivity contribution < 1.29 is 14.3 Å². The molecule has 1 aromatic rings. The number of anilines is 2. The molecule has 19 heavy (non-hydrogen) atoms. The lowest BCUT2D eigenvalue weighted by molar-refractivity contribution is -0.138. The van der Waals surface area contributed by atoms with Crippen molar-refractivity contribution in [3.05, 3.63) is 36.0 Å². The molecule has 0 fully saturated rings. The Morgan fingerprint density at radius 1 is 1.42 bits per heavy atom. The summed E-state index contributed by atoms with van der Waals surface area (Å²) in [5.41, 5.74) is 7.02. The van der Waals surface area contributed by atoms with E-state index in [2.05, 4.69) is 10.6 Å². The van der Waals surface area contributed by atoms with Gasteiger partial charge in [-0.05, 0) is 32.0 Å². The number of hydrogen-bond acceptors (Lipinski definition) is 4. The van der Waals surface area contributed by atoms with Crippen LogP contribution in [0.15, 0.2) is 36.0 Å². The molecule has 4 N–H and O–H groups in total. The average Bonchev–Trinajstić information content (AvgIpc) is 2.36. The summed E-state index contributed by atoms with van der Waals surface area (Å²) in [4.78, 5) is 22.8. The van der Waals surface area contributed by atoms with E-state index in [0.29, 0.717) is 23.6 Å². The monoisotopic (exact) mass is 263 g/mol. The Balaban J connectivity index is 2.52. The number of nitrogen functional groups attached to an aromatic ring is 1. The number of ether oxygens (including phenoxy) is 1. The van der Waals surface area contributed by atoms with Crippen molar-refractivity contribution in [3.8, 4) is 0 Å². The summed E-state index contributed by atoms with van der Waals surface area (Å²) in [5.74, 6) is -0.466. The summed E-state index contributed by atoms with van der Waals surface area (Å²) in [6, 6.07) is 6.31. The maximum Gasteiger partial charge on any atom is 0.335 e. The predicted octanol–water partition coefficient (Wildman–Crippen LogP) is 1.86. The highest BCUT2D eigenvalue weighted by Gasteiger charge is 2.05. The standard InChI is InChI=1S/C13H17N3O3/c1-3-19-12(17)9(2)8-15-13(18)16-11-6-4-5-10(14)7-11/h4-8H,3,14H2,1-2H3,(H2,15,16,18). The number of carbonyl (C=O) groups is 2. The van der Waals surface area contributed by atoms with E-state index in [1.165, 1.54) is 6.20 Å². The zero-order chi connectivity index (χ0) is 14.3. The molecule has 0 saturated carbocycles. The molecular weight excluding hydrogens is 246 g/mol. The van der Waals surface area contributed by atoms with Crippen LogP contribution in [0.4, 0.5) is 16.2 Å². The number of esters is 1. The zero-order valence-corrected chi connectivity index (χ0v) is 10.9. The Bertz CT molecular complexity index is 498. The Labute approximate surface area is 111 Å². The third kappa shape index (κ3) is 5.12. The molecular formula is C13H17N3O3. The van der Waals surface area contributed by atoms with Gasteiger partial charge in [0, 0.05) is 17.6 Å². The van der Waals surface area contributed by atoms with Gasteiger partial charge in [0.25, 0.3) is 0 Å². The van der Waals surface area contributed by atoms with Crippen LogP contribution in [-0.2, 0) is 9.53 Å². The van der Waals surface area contributed by atoms with E-state index in [1.807, 2.05) is 0 Å². The first kappa shape index (κ1) is 14.6. The first-order chi connectivity index (χ1) is 9.02. The van der Waals surface area contributed by atoms with E-state index >= 15 is 0 Å². The summed E-state index contributed by atoms with van der Waals surface area (Å²) in [6.07, 6.45) is 1.29. The zero-order valence-electron chi connectivity index (χ0n) is 10.9. The van der Waals surface area contributed by atoms with Gasteiger partial charge in [-0.2, -0.15) is 0 Å². The van der Waals surface area contributed by atoms with Crippen LogP contribution in [0.2, 0.25) is 0 Å². The molecule has 0 aliphatic rings. The molecule has 1 rings (SSSR count). The van der Waals surface area contributed by atoms with Crippen molar-refractivity contribution in [2.45, 2.75) is 13.8 Å². The van der Waals surface area contributed by atoms with Crippen LogP contribution in [-0.4, -0.2) is 18.6 Å². The summed E-state index contributed by atoms with van der Waals surface area (Å²) in [7, 11) is 0. The molecule has 0 aliphatic carbocycles. The van der Waals surface area contributed by atoms with Gasteiger partial charge in [0.05, 0.1) is 12.2 Å². The smallest absolute Gasteiger partial charge is 0.335 e. The van der Waals surface area contributed by atoms with E-state index in [0.717, 1.165) is 0 Å². The molecule has 1 aromatic carbocycles. The van der Waals surface area contributed by atoms with E-state index in [9.17, 15) is 9.59 Å². The van der Waals surface area contributed by atoms with E-state index in [-0.39, 0.29) is 0 Å². The normalized spacial score (nSPS) is 10.7. The van der Waals surface area contributed by atoms with E-state index < -0.39 is 12.0 Å². The fourth-order valence-electron chi connectivity index (χ4n) is 1.26. The summed E-state index contributed by atoms with van der Waals surface area (Å²) >= 11 is 0.